The Labute approximate surface area is 115 Å². The molecule has 0 amide bonds. The maximum atomic E-state index is 11.6. The Kier molecular flexibility index (Phi) is 6.09. The molecule has 0 aromatic carbocycles. The molecule has 0 aliphatic rings. The fourth-order valence-electron chi connectivity index (χ4n) is 1.33. The molecule has 1 atom stereocenters. The zero-order valence-corrected chi connectivity index (χ0v) is 12.3. The molecule has 0 aliphatic carbocycles. The second-order valence-corrected chi connectivity index (χ2v) is 5.01. The minimum atomic E-state index is -0.796. The molecule has 0 fully saturated rings. The maximum Gasteiger partial charge on any atom is 0.313 e. The van der Waals surface area contributed by atoms with Gasteiger partial charge in [-0.25, -0.2) is 0 Å². The minimum absolute atomic E-state index is 0. The number of carbonyl (C=O) groups is 1. The number of methoxy groups -OCH3 is 1. The summed E-state index contributed by atoms with van der Waals surface area (Å²) < 4.78 is 5.60. The lowest BCUT2D eigenvalue weighted by atomic mass is 9.83. The van der Waals surface area contributed by atoms with Crippen LogP contribution >= 0.6 is 28.3 Å². The van der Waals surface area contributed by atoms with Crippen molar-refractivity contribution in [2.24, 2.45) is 11.1 Å². The molecule has 6 heteroatoms. The van der Waals surface area contributed by atoms with Gasteiger partial charge in [-0.05, 0) is 41.9 Å². The summed E-state index contributed by atoms with van der Waals surface area (Å²) in [6.07, 6.45) is 1.66. The molecule has 96 valence electrons. The van der Waals surface area contributed by atoms with Gasteiger partial charge in [0, 0.05) is 10.7 Å². The molecular formula is C11H16BrClN2O2. The van der Waals surface area contributed by atoms with E-state index in [4.69, 9.17) is 10.5 Å². The third-order valence-corrected chi connectivity index (χ3v) is 3.03. The molecule has 1 aromatic heterocycles. The summed E-state index contributed by atoms with van der Waals surface area (Å²) in [6.45, 7) is 3.49. The lowest BCUT2D eigenvalue weighted by molar-refractivity contribution is -0.152. The SMILES string of the molecule is COC(=O)C(C)(C)[C@H](N)c1ccc(Br)cn1.Cl. The quantitative estimate of drug-likeness (QED) is 0.868. The number of carbonyl (C=O) groups excluding carboxylic acids is 1. The number of esters is 1. The van der Waals surface area contributed by atoms with E-state index in [-0.39, 0.29) is 18.4 Å². The van der Waals surface area contributed by atoms with Crippen LogP contribution in [0.5, 0.6) is 0 Å². The van der Waals surface area contributed by atoms with Crippen LogP contribution in [0.2, 0.25) is 0 Å². The number of nitrogens with two attached hydrogens (primary N) is 1. The fourth-order valence-corrected chi connectivity index (χ4v) is 1.57. The van der Waals surface area contributed by atoms with Crippen molar-refractivity contribution >= 4 is 34.3 Å². The molecule has 0 spiro atoms. The Balaban J connectivity index is 0.00000256. The molecule has 0 unspecified atom stereocenters. The molecule has 2 N–H and O–H groups in total. The van der Waals surface area contributed by atoms with Gasteiger partial charge in [-0.15, -0.1) is 12.4 Å². The van der Waals surface area contributed by atoms with Crippen molar-refractivity contribution in [1.82, 2.24) is 4.98 Å². The van der Waals surface area contributed by atoms with Gasteiger partial charge in [0.05, 0.1) is 24.3 Å². The van der Waals surface area contributed by atoms with Crippen LogP contribution in [-0.2, 0) is 9.53 Å². The van der Waals surface area contributed by atoms with Crippen LogP contribution in [0, 0.1) is 5.41 Å². The van der Waals surface area contributed by atoms with Gasteiger partial charge >= 0.3 is 5.97 Å². The van der Waals surface area contributed by atoms with Crippen LogP contribution in [0.4, 0.5) is 0 Å². The van der Waals surface area contributed by atoms with E-state index >= 15 is 0 Å². The number of pyridine rings is 1. The van der Waals surface area contributed by atoms with Gasteiger partial charge < -0.3 is 10.5 Å². The van der Waals surface area contributed by atoms with Gasteiger partial charge in [-0.1, -0.05) is 0 Å². The topological polar surface area (TPSA) is 65.2 Å². The van der Waals surface area contributed by atoms with E-state index in [0.29, 0.717) is 5.69 Å². The molecule has 1 heterocycles. The van der Waals surface area contributed by atoms with Crippen molar-refractivity contribution in [2.45, 2.75) is 19.9 Å². The van der Waals surface area contributed by atoms with Crippen LogP contribution in [0.3, 0.4) is 0 Å². The Bertz CT molecular complexity index is 382. The number of hydrogen-bond acceptors (Lipinski definition) is 4. The highest BCUT2D eigenvalue weighted by Gasteiger charge is 2.37. The summed E-state index contributed by atoms with van der Waals surface area (Å²) in [5, 5.41) is 0. The van der Waals surface area contributed by atoms with Crippen LogP contribution in [0.25, 0.3) is 0 Å². The zero-order valence-electron chi connectivity index (χ0n) is 9.94. The molecule has 1 rings (SSSR count). The third kappa shape index (κ3) is 3.66. The highest BCUT2D eigenvalue weighted by Crippen LogP contribution is 2.31. The largest absolute Gasteiger partial charge is 0.469 e. The summed E-state index contributed by atoms with van der Waals surface area (Å²) in [5.74, 6) is -0.343. The molecular weight excluding hydrogens is 307 g/mol. The Morgan fingerprint density at radius 1 is 1.53 bits per heavy atom. The molecule has 0 bridgehead atoms. The molecule has 17 heavy (non-hydrogen) atoms. The van der Waals surface area contributed by atoms with Gasteiger partial charge in [-0.3, -0.25) is 9.78 Å². The van der Waals surface area contributed by atoms with Gasteiger partial charge in [0.25, 0.3) is 0 Å². The van der Waals surface area contributed by atoms with Crippen molar-refractivity contribution in [3.8, 4) is 0 Å². The molecule has 0 radical (unpaired) electrons. The Morgan fingerprint density at radius 3 is 2.53 bits per heavy atom. The zero-order chi connectivity index (χ0) is 12.3. The van der Waals surface area contributed by atoms with E-state index in [1.165, 1.54) is 7.11 Å². The van der Waals surface area contributed by atoms with Crippen LogP contribution < -0.4 is 5.73 Å². The van der Waals surface area contributed by atoms with Crippen molar-refractivity contribution in [3.63, 3.8) is 0 Å². The lowest BCUT2D eigenvalue weighted by Crippen LogP contribution is -2.37. The van der Waals surface area contributed by atoms with Gasteiger partial charge in [0.1, 0.15) is 0 Å². The first kappa shape index (κ1) is 16.4. The lowest BCUT2D eigenvalue weighted by Gasteiger charge is -2.28. The van der Waals surface area contributed by atoms with Gasteiger partial charge in [0.2, 0.25) is 0 Å². The molecule has 0 saturated carbocycles. The average molecular weight is 324 g/mol. The number of nitrogens with zero attached hydrogens (tertiary/aromatic N) is 1. The van der Waals surface area contributed by atoms with E-state index in [1.54, 1.807) is 26.1 Å². The monoisotopic (exact) mass is 322 g/mol. The summed E-state index contributed by atoms with van der Waals surface area (Å²) in [5.41, 5.74) is 5.89. The van der Waals surface area contributed by atoms with Gasteiger partial charge in [-0.2, -0.15) is 0 Å². The maximum absolute atomic E-state index is 11.6. The summed E-state index contributed by atoms with van der Waals surface area (Å²) in [4.78, 5) is 15.8. The van der Waals surface area contributed by atoms with E-state index in [9.17, 15) is 4.79 Å². The Morgan fingerprint density at radius 2 is 2.12 bits per heavy atom. The third-order valence-electron chi connectivity index (χ3n) is 2.56. The smallest absolute Gasteiger partial charge is 0.313 e. The number of ether oxygens (including phenoxy) is 1. The number of halogens is 2. The predicted octanol–water partition coefficient (Wildman–Crippen LogP) is 2.46. The number of aromatic nitrogens is 1. The van der Waals surface area contributed by atoms with Crippen LogP contribution in [0.1, 0.15) is 25.6 Å². The second-order valence-electron chi connectivity index (χ2n) is 4.09. The normalized spacial score (nSPS) is 12.5. The van der Waals surface area contributed by atoms with Crippen molar-refractivity contribution in [1.29, 1.82) is 0 Å². The first-order valence-electron chi connectivity index (χ1n) is 4.85. The van der Waals surface area contributed by atoms with Crippen LogP contribution in [-0.4, -0.2) is 18.1 Å². The molecule has 4 nitrogen and oxygen atoms in total. The molecule has 1 aromatic rings. The van der Waals surface area contributed by atoms with E-state index < -0.39 is 11.5 Å². The summed E-state index contributed by atoms with van der Waals surface area (Å²) in [7, 11) is 1.35. The van der Waals surface area contributed by atoms with Crippen molar-refractivity contribution < 1.29 is 9.53 Å². The van der Waals surface area contributed by atoms with Crippen molar-refractivity contribution in [3.05, 3.63) is 28.5 Å². The van der Waals surface area contributed by atoms with Crippen LogP contribution in [0.15, 0.2) is 22.8 Å². The fraction of sp³-hybridized carbons (Fsp3) is 0.455. The Hall–Kier alpha value is -0.650. The van der Waals surface area contributed by atoms with E-state index in [1.807, 2.05) is 6.07 Å². The highest BCUT2D eigenvalue weighted by atomic mass is 79.9. The highest BCUT2D eigenvalue weighted by molar-refractivity contribution is 9.10. The predicted molar refractivity (Wildman–Crippen MR) is 71.9 cm³/mol. The minimum Gasteiger partial charge on any atom is -0.469 e. The van der Waals surface area contributed by atoms with Crippen molar-refractivity contribution in [2.75, 3.05) is 7.11 Å². The first-order chi connectivity index (χ1) is 7.39. The van der Waals surface area contributed by atoms with E-state index in [0.717, 1.165) is 4.47 Å². The van der Waals surface area contributed by atoms with E-state index in [2.05, 4.69) is 20.9 Å². The number of hydrogen-bond donors (Lipinski definition) is 1. The first-order valence-corrected chi connectivity index (χ1v) is 5.64. The molecule has 0 saturated heterocycles. The van der Waals surface area contributed by atoms with Gasteiger partial charge in [0.15, 0.2) is 0 Å². The number of rotatable bonds is 3. The standard InChI is InChI=1S/C11H15BrN2O2.ClH/c1-11(2,10(15)16-3)9(13)8-5-4-7(12)6-14-8;/h4-6,9H,13H2,1-3H3;1H/t9-;/m1./s1. The average Bonchev–Trinajstić information content (AvgIpc) is 2.28. The second kappa shape index (κ2) is 6.33. The summed E-state index contributed by atoms with van der Waals surface area (Å²) >= 11 is 3.29. The molecule has 0 aliphatic heterocycles. The summed E-state index contributed by atoms with van der Waals surface area (Å²) in [6, 6.07) is 3.14.